The van der Waals surface area contributed by atoms with Gasteiger partial charge < -0.3 is 15.0 Å². The number of aromatic nitrogens is 2. The first-order valence-corrected chi connectivity index (χ1v) is 11.5. The Hall–Kier alpha value is -3.96. The largest absolute Gasteiger partial charge is 0.378 e. The van der Waals surface area contributed by atoms with Gasteiger partial charge in [-0.05, 0) is 67.3 Å². The van der Waals surface area contributed by atoms with Crippen LogP contribution >= 0.6 is 0 Å². The second-order valence-electron chi connectivity index (χ2n) is 9.28. The zero-order chi connectivity index (χ0) is 25.2. The van der Waals surface area contributed by atoms with E-state index in [1.54, 1.807) is 43.8 Å². The van der Waals surface area contributed by atoms with E-state index in [0.717, 1.165) is 35.6 Å². The van der Waals surface area contributed by atoms with Crippen molar-refractivity contribution in [3.8, 4) is 17.2 Å². The highest BCUT2D eigenvalue weighted by atomic mass is 16.5. The molecule has 0 atom stereocenters. The number of hydrogen-bond acceptors (Lipinski definition) is 6. The van der Waals surface area contributed by atoms with Crippen molar-refractivity contribution in [1.82, 2.24) is 9.55 Å². The molecule has 0 unspecified atom stereocenters. The molecule has 0 radical (unpaired) electrons. The molecule has 8 heteroatoms. The number of carbonyl (C=O) groups is 1. The van der Waals surface area contributed by atoms with Crippen LogP contribution in [0.1, 0.15) is 35.3 Å². The van der Waals surface area contributed by atoms with Crippen molar-refractivity contribution in [3.05, 3.63) is 75.8 Å². The van der Waals surface area contributed by atoms with Crippen molar-refractivity contribution in [1.29, 1.82) is 5.26 Å². The summed E-state index contributed by atoms with van der Waals surface area (Å²) in [6, 6.07) is 13.2. The molecule has 1 aliphatic rings. The van der Waals surface area contributed by atoms with Crippen LogP contribution in [0.25, 0.3) is 11.1 Å². The lowest BCUT2D eigenvalue weighted by Gasteiger charge is -2.30. The minimum absolute atomic E-state index is 0.0965. The number of pyridine rings is 2. The maximum Gasteiger partial charge on any atom is 0.257 e. The molecule has 1 saturated heterocycles. The van der Waals surface area contributed by atoms with Crippen molar-refractivity contribution in [3.63, 3.8) is 0 Å². The number of nitriles is 1. The van der Waals surface area contributed by atoms with Crippen LogP contribution < -0.4 is 15.8 Å². The zero-order valence-corrected chi connectivity index (χ0v) is 20.5. The smallest absolute Gasteiger partial charge is 0.257 e. The van der Waals surface area contributed by atoms with Gasteiger partial charge in [-0.3, -0.25) is 19.1 Å². The van der Waals surface area contributed by atoms with Gasteiger partial charge in [0.05, 0.1) is 30.3 Å². The van der Waals surface area contributed by atoms with Gasteiger partial charge >= 0.3 is 0 Å². The minimum atomic E-state index is -0.752. The van der Waals surface area contributed by atoms with E-state index < -0.39 is 5.41 Å². The zero-order valence-electron chi connectivity index (χ0n) is 20.5. The van der Waals surface area contributed by atoms with E-state index in [1.165, 1.54) is 6.20 Å². The summed E-state index contributed by atoms with van der Waals surface area (Å²) >= 11 is 0. The van der Waals surface area contributed by atoms with Gasteiger partial charge in [0.1, 0.15) is 5.82 Å². The Morgan fingerprint density at radius 3 is 2.60 bits per heavy atom. The summed E-state index contributed by atoms with van der Waals surface area (Å²) in [7, 11) is 1.77. The fourth-order valence-electron chi connectivity index (χ4n) is 4.06. The maximum atomic E-state index is 13.0. The third-order valence-electron chi connectivity index (χ3n) is 6.38. The number of aryl methyl sites for hydroxylation is 1. The van der Waals surface area contributed by atoms with Crippen molar-refractivity contribution in [2.45, 2.75) is 26.2 Å². The Labute approximate surface area is 204 Å². The number of carbonyl (C=O) groups excluding carboxylic acids is 1. The molecular weight excluding hydrogens is 442 g/mol. The predicted molar refractivity (Wildman–Crippen MR) is 136 cm³/mol. The van der Waals surface area contributed by atoms with E-state index >= 15 is 0 Å². The highest BCUT2D eigenvalue weighted by Gasteiger charge is 2.22. The molecular formula is C27H29N5O3. The number of hydrogen-bond donors (Lipinski definition) is 1. The Morgan fingerprint density at radius 2 is 1.89 bits per heavy atom. The molecule has 0 aliphatic carbocycles. The molecule has 0 saturated carbocycles. The predicted octanol–water partition coefficient (Wildman–Crippen LogP) is 3.65. The number of anilines is 2. The van der Waals surface area contributed by atoms with Crippen LogP contribution in [0.5, 0.6) is 0 Å². The monoisotopic (exact) mass is 471 g/mol. The molecule has 1 amide bonds. The Morgan fingerprint density at radius 1 is 1.14 bits per heavy atom. The molecule has 180 valence electrons. The Kier molecular flexibility index (Phi) is 6.72. The second kappa shape index (κ2) is 9.72. The van der Waals surface area contributed by atoms with Gasteiger partial charge in [-0.1, -0.05) is 6.07 Å². The molecule has 1 fully saturated rings. The van der Waals surface area contributed by atoms with Crippen molar-refractivity contribution in [2.75, 3.05) is 36.5 Å². The third-order valence-corrected chi connectivity index (χ3v) is 6.38. The summed E-state index contributed by atoms with van der Waals surface area (Å²) in [5.74, 6) is 0.522. The van der Waals surface area contributed by atoms with E-state index in [-0.39, 0.29) is 11.5 Å². The first-order chi connectivity index (χ1) is 16.7. The van der Waals surface area contributed by atoms with E-state index in [1.807, 2.05) is 31.2 Å². The number of morpholine rings is 1. The van der Waals surface area contributed by atoms with Crippen LogP contribution in [-0.2, 0) is 17.2 Å². The third kappa shape index (κ3) is 5.10. The number of nitrogens with zero attached hydrogens (tertiary/aromatic N) is 4. The average molecular weight is 472 g/mol. The first-order valence-electron chi connectivity index (χ1n) is 11.5. The Bertz CT molecular complexity index is 1360. The number of amides is 1. The lowest BCUT2D eigenvalue weighted by atomic mass is 9.87. The molecule has 1 aliphatic heterocycles. The number of ether oxygens (including phenoxy) is 1. The number of nitrogens with one attached hydrogen (secondary N) is 1. The van der Waals surface area contributed by atoms with E-state index in [9.17, 15) is 14.9 Å². The van der Waals surface area contributed by atoms with E-state index in [4.69, 9.17) is 4.74 Å². The van der Waals surface area contributed by atoms with Gasteiger partial charge in [-0.25, -0.2) is 0 Å². The SMILES string of the molecule is Cc1ccc(NC(=O)c2cncc(C(C)(C)C#N)c2)cc1-c1cc(N2CCOCC2)n(C)c(=O)c1. The van der Waals surface area contributed by atoms with Gasteiger partial charge in [0, 0.05) is 44.3 Å². The summed E-state index contributed by atoms with van der Waals surface area (Å²) in [6.07, 6.45) is 3.09. The van der Waals surface area contributed by atoms with Crippen LogP contribution in [-0.4, -0.2) is 41.8 Å². The van der Waals surface area contributed by atoms with Gasteiger partial charge in [0.25, 0.3) is 11.5 Å². The normalized spacial score (nSPS) is 13.9. The molecule has 1 N–H and O–H groups in total. The van der Waals surface area contributed by atoms with E-state index in [2.05, 4.69) is 21.3 Å². The quantitative estimate of drug-likeness (QED) is 0.610. The first kappa shape index (κ1) is 24.2. The number of rotatable bonds is 5. The molecule has 1 aromatic carbocycles. The van der Waals surface area contributed by atoms with Crippen LogP contribution in [0.3, 0.4) is 0 Å². The summed E-state index contributed by atoms with van der Waals surface area (Å²) in [5, 5.41) is 12.3. The van der Waals surface area contributed by atoms with Gasteiger partial charge in [-0.2, -0.15) is 5.26 Å². The number of benzene rings is 1. The summed E-state index contributed by atoms with van der Waals surface area (Å²) in [6.45, 7) is 8.24. The summed E-state index contributed by atoms with van der Waals surface area (Å²) in [5.41, 5.74) is 3.45. The minimum Gasteiger partial charge on any atom is -0.378 e. The van der Waals surface area contributed by atoms with Gasteiger partial charge in [0.15, 0.2) is 0 Å². The second-order valence-corrected chi connectivity index (χ2v) is 9.28. The van der Waals surface area contributed by atoms with Gasteiger partial charge in [0.2, 0.25) is 0 Å². The maximum absolute atomic E-state index is 13.0. The van der Waals surface area contributed by atoms with Crippen LogP contribution in [0.4, 0.5) is 11.5 Å². The fraction of sp³-hybridized carbons (Fsp3) is 0.333. The average Bonchev–Trinajstić information content (AvgIpc) is 2.87. The summed E-state index contributed by atoms with van der Waals surface area (Å²) < 4.78 is 7.11. The van der Waals surface area contributed by atoms with Crippen molar-refractivity contribution >= 4 is 17.4 Å². The molecule has 35 heavy (non-hydrogen) atoms. The summed E-state index contributed by atoms with van der Waals surface area (Å²) in [4.78, 5) is 32.0. The van der Waals surface area contributed by atoms with E-state index in [0.29, 0.717) is 30.0 Å². The Balaban J connectivity index is 1.65. The highest BCUT2D eigenvalue weighted by molar-refractivity contribution is 6.04. The molecule has 3 heterocycles. The standard InChI is InChI=1S/C27H29N5O3/c1-18-5-6-22(30-26(34)20-11-21(16-29-15-20)27(2,3)17-28)14-23(18)19-12-24(31(4)25(33)13-19)32-7-9-35-10-8-32/h5-6,11-16H,7-10H2,1-4H3,(H,30,34). The lowest BCUT2D eigenvalue weighted by molar-refractivity contribution is 0.102. The molecule has 8 nitrogen and oxygen atoms in total. The van der Waals surface area contributed by atoms with Crippen LogP contribution in [0.15, 0.2) is 53.6 Å². The fourth-order valence-corrected chi connectivity index (χ4v) is 4.06. The molecule has 4 rings (SSSR count). The van der Waals surface area contributed by atoms with Crippen molar-refractivity contribution in [2.24, 2.45) is 7.05 Å². The van der Waals surface area contributed by atoms with Gasteiger partial charge in [-0.15, -0.1) is 0 Å². The van der Waals surface area contributed by atoms with Crippen LogP contribution in [0, 0.1) is 18.3 Å². The highest BCUT2D eigenvalue weighted by Crippen LogP contribution is 2.29. The van der Waals surface area contributed by atoms with Crippen LogP contribution in [0.2, 0.25) is 0 Å². The topological polar surface area (TPSA) is 100 Å². The molecule has 3 aromatic rings. The molecule has 0 bridgehead atoms. The van der Waals surface area contributed by atoms with Crippen molar-refractivity contribution < 1.29 is 9.53 Å². The lowest BCUT2D eigenvalue weighted by Crippen LogP contribution is -2.39. The molecule has 0 spiro atoms. The molecule has 2 aromatic heterocycles.